The molecule has 0 bridgehead atoms. The monoisotopic (exact) mass is 363 g/mol. The van der Waals surface area contributed by atoms with Crippen molar-refractivity contribution >= 4 is 60.4 Å². The predicted octanol–water partition coefficient (Wildman–Crippen LogP) is 3.13. The minimum absolute atomic E-state index is 0.0119. The van der Waals surface area contributed by atoms with Crippen LogP contribution in [0.5, 0.6) is 0 Å². The van der Waals surface area contributed by atoms with Crippen molar-refractivity contribution in [3.63, 3.8) is 0 Å². The molecular weight excluding hydrogens is 353 g/mol. The molecule has 1 N–H and O–H groups in total. The van der Waals surface area contributed by atoms with Gasteiger partial charge in [-0.05, 0) is 18.6 Å². The van der Waals surface area contributed by atoms with Gasteiger partial charge in [-0.3, -0.25) is 4.79 Å². The summed E-state index contributed by atoms with van der Waals surface area (Å²) in [5.41, 5.74) is 0. The lowest BCUT2D eigenvalue weighted by atomic mass is 10.2. The van der Waals surface area contributed by atoms with Crippen molar-refractivity contribution in [2.24, 2.45) is 0 Å². The number of hydrogen-bond acceptors (Lipinski definition) is 4. The van der Waals surface area contributed by atoms with Gasteiger partial charge in [0.2, 0.25) is 0 Å². The van der Waals surface area contributed by atoms with E-state index in [4.69, 9.17) is 23.2 Å². The molecule has 0 unspecified atom stereocenters. The number of benzene rings is 1. The third-order valence-electron chi connectivity index (χ3n) is 3.38. The Morgan fingerprint density at radius 3 is 2.71 bits per heavy atom. The highest BCUT2D eigenvalue weighted by molar-refractivity contribution is 7.91. The zero-order valence-corrected chi connectivity index (χ0v) is 13.9. The fraction of sp³-hybridized carbons (Fsp3) is 0.308. The maximum absolute atomic E-state index is 12.3. The van der Waals surface area contributed by atoms with Crippen LogP contribution in [0.1, 0.15) is 16.1 Å². The van der Waals surface area contributed by atoms with E-state index in [1.165, 1.54) is 11.3 Å². The zero-order valence-electron chi connectivity index (χ0n) is 10.7. The fourth-order valence-corrected chi connectivity index (χ4v) is 5.91. The summed E-state index contributed by atoms with van der Waals surface area (Å²) < 4.78 is 23.7. The van der Waals surface area contributed by atoms with Gasteiger partial charge in [-0.2, -0.15) is 0 Å². The van der Waals surface area contributed by atoms with Crippen molar-refractivity contribution in [1.82, 2.24) is 5.32 Å². The Labute approximate surface area is 136 Å². The first-order chi connectivity index (χ1) is 9.87. The summed E-state index contributed by atoms with van der Waals surface area (Å²) in [6, 6.07) is 5.00. The molecule has 1 aromatic carbocycles. The summed E-state index contributed by atoms with van der Waals surface area (Å²) >= 11 is 13.6. The standard InChI is InChI=1S/C13H11Cl2NO3S2/c14-8-2-1-3-9-10(8)11(15)12(20-9)13(17)16-7-4-5-21(18,19)6-7/h1-3,7H,4-6H2,(H,16,17)/t7-/m0/s1. The molecule has 8 heteroatoms. The lowest BCUT2D eigenvalue weighted by Gasteiger charge is -2.09. The van der Waals surface area contributed by atoms with Gasteiger partial charge in [-0.1, -0.05) is 29.3 Å². The van der Waals surface area contributed by atoms with Crippen LogP contribution >= 0.6 is 34.5 Å². The average molecular weight is 364 g/mol. The first-order valence-corrected chi connectivity index (χ1v) is 9.64. The summed E-state index contributed by atoms with van der Waals surface area (Å²) in [5, 5.41) is 4.21. The van der Waals surface area contributed by atoms with E-state index in [2.05, 4.69) is 5.32 Å². The zero-order chi connectivity index (χ0) is 15.2. The van der Waals surface area contributed by atoms with Crippen molar-refractivity contribution in [3.8, 4) is 0 Å². The molecule has 0 radical (unpaired) electrons. The lowest BCUT2D eigenvalue weighted by molar-refractivity contribution is 0.0945. The molecule has 0 aliphatic carbocycles. The van der Waals surface area contributed by atoms with Gasteiger partial charge in [-0.25, -0.2) is 8.42 Å². The van der Waals surface area contributed by atoms with E-state index in [1.807, 2.05) is 6.07 Å². The number of rotatable bonds is 2. The Hall–Kier alpha value is -0.820. The molecular formula is C13H11Cl2NO3S2. The van der Waals surface area contributed by atoms with Crippen LogP contribution in [0, 0.1) is 0 Å². The molecule has 2 heterocycles. The second-order valence-electron chi connectivity index (χ2n) is 4.93. The van der Waals surface area contributed by atoms with Crippen LogP contribution in [-0.2, 0) is 9.84 Å². The van der Waals surface area contributed by atoms with Gasteiger partial charge in [0, 0.05) is 16.1 Å². The number of thiophene rings is 1. The Morgan fingerprint density at radius 1 is 1.33 bits per heavy atom. The maximum Gasteiger partial charge on any atom is 0.263 e. The largest absolute Gasteiger partial charge is 0.348 e. The van der Waals surface area contributed by atoms with Gasteiger partial charge in [0.1, 0.15) is 4.88 Å². The Morgan fingerprint density at radius 2 is 2.10 bits per heavy atom. The summed E-state index contributed by atoms with van der Waals surface area (Å²) in [4.78, 5) is 12.7. The van der Waals surface area contributed by atoms with Crippen molar-refractivity contribution in [2.75, 3.05) is 11.5 Å². The minimum Gasteiger partial charge on any atom is -0.348 e. The van der Waals surface area contributed by atoms with E-state index in [0.717, 1.165) is 4.70 Å². The highest BCUT2D eigenvalue weighted by atomic mass is 35.5. The summed E-state index contributed by atoms with van der Waals surface area (Å²) in [6.07, 6.45) is 0.442. The van der Waals surface area contributed by atoms with Crippen molar-refractivity contribution in [3.05, 3.63) is 33.1 Å². The molecule has 1 aromatic heterocycles. The second-order valence-corrected chi connectivity index (χ2v) is 9.00. The van der Waals surface area contributed by atoms with Crippen LogP contribution in [0.4, 0.5) is 0 Å². The van der Waals surface area contributed by atoms with Crippen LogP contribution in [0.3, 0.4) is 0 Å². The highest BCUT2D eigenvalue weighted by Crippen LogP contribution is 2.39. The predicted molar refractivity (Wildman–Crippen MR) is 86.4 cm³/mol. The third kappa shape index (κ3) is 2.90. The number of carbonyl (C=O) groups is 1. The molecule has 1 aliphatic rings. The van der Waals surface area contributed by atoms with E-state index in [9.17, 15) is 13.2 Å². The number of carbonyl (C=O) groups excluding carboxylic acids is 1. The molecule has 4 nitrogen and oxygen atoms in total. The van der Waals surface area contributed by atoms with Crippen molar-refractivity contribution in [2.45, 2.75) is 12.5 Å². The van der Waals surface area contributed by atoms with Crippen LogP contribution in [0.25, 0.3) is 10.1 Å². The Bertz CT molecular complexity index is 829. The quantitative estimate of drug-likeness (QED) is 0.891. The number of hydrogen-bond donors (Lipinski definition) is 1. The third-order valence-corrected chi connectivity index (χ3v) is 7.11. The fourth-order valence-electron chi connectivity index (χ4n) is 2.38. The molecule has 112 valence electrons. The van der Waals surface area contributed by atoms with Crippen molar-refractivity contribution < 1.29 is 13.2 Å². The van der Waals surface area contributed by atoms with Crippen LogP contribution < -0.4 is 5.32 Å². The summed E-state index contributed by atoms with van der Waals surface area (Å²) in [7, 11) is -3.03. The molecule has 3 rings (SSSR count). The van der Waals surface area contributed by atoms with Gasteiger partial charge in [0.15, 0.2) is 9.84 Å². The smallest absolute Gasteiger partial charge is 0.263 e. The van der Waals surface area contributed by atoms with Gasteiger partial charge >= 0.3 is 0 Å². The Kier molecular flexibility index (Phi) is 3.90. The highest BCUT2D eigenvalue weighted by Gasteiger charge is 2.30. The molecule has 1 saturated heterocycles. The molecule has 1 aliphatic heterocycles. The molecule has 1 amide bonds. The van der Waals surface area contributed by atoms with Gasteiger partial charge in [0.05, 0.1) is 21.6 Å². The molecule has 1 fully saturated rings. The minimum atomic E-state index is -3.03. The molecule has 21 heavy (non-hydrogen) atoms. The maximum atomic E-state index is 12.3. The SMILES string of the molecule is O=C(N[C@H]1CCS(=O)(=O)C1)c1sc2cccc(Cl)c2c1Cl. The van der Waals surface area contributed by atoms with Crippen LogP contribution in [-0.4, -0.2) is 31.9 Å². The Balaban J connectivity index is 1.89. The van der Waals surface area contributed by atoms with Crippen LogP contribution in [0.15, 0.2) is 18.2 Å². The topological polar surface area (TPSA) is 63.2 Å². The summed E-state index contributed by atoms with van der Waals surface area (Å²) in [6.45, 7) is 0. The number of sulfone groups is 1. The average Bonchev–Trinajstić information content (AvgIpc) is 2.91. The normalized spacial score (nSPS) is 20.8. The van der Waals surface area contributed by atoms with Gasteiger partial charge in [0.25, 0.3) is 5.91 Å². The van der Waals surface area contributed by atoms with Gasteiger partial charge < -0.3 is 5.32 Å². The van der Waals surface area contributed by atoms with Gasteiger partial charge in [-0.15, -0.1) is 11.3 Å². The molecule has 2 aromatic rings. The van der Waals surface area contributed by atoms with E-state index in [-0.39, 0.29) is 23.5 Å². The first kappa shape index (κ1) is 15.1. The molecule has 0 spiro atoms. The van der Waals surface area contributed by atoms with Crippen LogP contribution in [0.2, 0.25) is 10.0 Å². The lowest BCUT2D eigenvalue weighted by Crippen LogP contribution is -2.35. The van der Waals surface area contributed by atoms with E-state index >= 15 is 0 Å². The van der Waals surface area contributed by atoms with E-state index in [1.54, 1.807) is 12.1 Å². The van der Waals surface area contributed by atoms with E-state index < -0.39 is 9.84 Å². The number of amides is 1. The molecule has 1 atom stereocenters. The molecule has 0 saturated carbocycles. The summed E-state index contributed by atoms with van der Waals surface area (Å²) in [5.74, 6) is -0.245. The van der Waals surface area contributed by atoms with E-state index in [0.29, 0.717) is 26.7 Å². The first-order valence-electron chi connectivity index (χ1n) is 6.25. The number of halogens is 2. The number of fused-ring (bicyclic) bond motifs is 1. The van der Waals surface area contributed by atoms with Crippen molar-refractivity contribution in [1.29, 1.82) is 0 Å². The second kappa shape index (κ2) is 5.43. The number of nitrogens with one attached hydrogen (secondary N) is 1.